The lowest BCUT2D eigenvalue weighted by atomic mass is 9.92. The molecule has 0 spiro atoms. The highest BCUT2D eigenvalue weighted by Gasteiger charge is 2.39. The number of fused-ring (bicyclic) bond motifs is 4. The van der Waals surface area contributed by atoms with Crippen LogP contribution in [0.2, 0.25) is 18.1 Å². The van der Waals surface area contributed by atoms with E-state index in [0.29, 0.717) is 35.8 Å². The van der Waals surface area contributed by atoms with E-state index in [2.05, 4.69) is 63.1 Å². The highest BCUT2D eigenvalue weighted by atomic mass is 28.4. The van der Waals surface area contributed by atoms with Crippen LogP contribution in [0.25, 0.3) is 28.2 Å². The third kappa shape index (κ3) is 7.18. The van der Waals surface area contributed by atoms with E-state index in [9.17, 15) is 9.59 Å². The minimum Gasteiger partial charge on any atom is -0.497 e. The Labute approximate surface area is 306 Å². The molecule has 272 valence electrons. The zero-order valence-corrected chi connectivity index (χ0v) is 32.3. The lowest BCUT2D eigenvalue weighted by Crippen LogP contribution is -2.41. The summed E-state index contributed by atoms with van der Waals surface area (Å²) in [5.74, 6) is 0.395. The minimum atomic E-state index is -2.23. The van der Waals surface area contributed by atoms with Crippen molar-refractivity contribution < 1.29 is 28.2 Å². The van der Waals surface area contributed by atoms with Crippen LogP contribution in [0.5, 0.6) is 17.2 Å². The molecule has 5 aromatic rings. The summed E-state index contributed by atoms with van der Waals surface area (Å²) >= 11 is 0. The lowest BCUT2D eigenvalue weighted by Gasteiger charge is -2.37. The fourth-order valence-corrected chi connectivity index (χ4v) is 7.48. The van der Waals surface area contributed by atoms with E-state index in [-0.39, 0.29) is 35.4 Å². The summed E-state index contributed by atoms with van der Waals surface area (Å²) in [5.41, 5.74) is 5.30. The molecule has 0 amide bonds. The number of aromatic amines is 1. The molecular weight excluding hydrogens is 673 g/mol. The van der Waals surface area contributed by atoms with Gasteiger partial charge in [0.2, 0.25) is 0 Å². The number of esters is 1. The van der Waals surface area contributed by atoms with E-state index in [1.807, 2.05) is 60.8 Å². The monoisotopic (exact) mass is 720 g/mol. The fourth-order valence-electron chi connectivity index (χ4n) is 6.45. The minimum absolute atomic E-state index is 0.0356. The number of carbonyl (C=O) groups excluding carboxylic acids is 1. The molecule has 1 unspecified atom stereocenters. The van der Waals surface area contributed by atoms with Gasteiger partial charge in [-0.05, 0) is 65.5 Å². The summed E-state index contributed by atoms with van der Waals surface area (Å²) in [6.07, 6.45) is 6.55. The molecule has 1 aliphatic rings. The van der Waals surface area contributed by atoms with Gasteiger partial charge in [-0.1, -0.05) is 69.3 Å². The highest BCUT2D eigenvalue weighted by molar-refractivity contribution is 6.74. The largest absolute Gasteiger partial charge is 0.497 e. The molecule has 0 radical (unpaired) electrons. The molecule has 9 nitrogen and oxygen atoms in total. The number of carbonyl (C=O) groups is 1. The third-order valence-corrected chi connectivity index (χ3v) is 15.0. The van der Waals surface area contributed by atoms with Crippen LogP contribution in [0.15, 0.2) is 83.8 Å². The number of ether oxygens (including phenoxy) is 4. The molecular formula is C42H48N2O7Si. The molecule has 1 aliphatic carbocycles. The fraction of sp³-hybridized carbons (Fsp3) is 0.333. The number of methoxy groups -OCH3 is 3. The van der Waals surface area contributed by atoms with Gasteiger partial charge in [0.05, 0.1) is 27.0 Å². The van der Waals surface area contributed by atoms with Gasteiger partial charge in [-0.15, -0.1) is 0 Å². The number of aryl methyl sites for hydroxylation is 1. The van der Waals surface area contributed by atoms with Gasteiger partial charge in [0.15, 0.2) is 13.9 Å². The smallest absolute Gasteiger partial charge is 0.347 e. The quantitative estimate of drug-likeness (QED) is 0.102. The van der Waals surface area contributed by atoms with Gasteiger partial charge in [0, 0.05) is 53.4 Å². The topological polar surface area (TPSA) is 101 Å². The maximum atomic E-state index is 14.9. The van der Waals surface area contributed by atoms with E-state index in [1.165, 1.54) is 7.11 Å². The second kappa shape index (κ2) is 14.9. The second-order valence-corrected chi connectivity index (χ2v) is 19.5. The van der Waals surface area contributed by atoms with E-state index in [1.54, 1.807) is 18.8 Å². The van der Waals surface area contributed by atoms with Crippen LogP contribution in [-0.2, 0) is 28.7 Å². The van der Waals surface area contributed by atoms with Crippen molar-refractivity contribution in [2.45, 2.75) is 64.4 Å². The summed E-state index contributed by atoms with van der Waals surface area (Å²) in [6.45, 7) is 11.8. The molecule has 1 atom stereocenters. The summed E-state index contributed by atoms with van der Waals surface area (Å²) in [4.78, 5) is 32.0. The van der Waals surface area contributed by atoms with E-state index in [4.69, 9.17) is 23.4 Å². The first-order chi connectivity index (χ1) is 24.9. The number of aromatic nitrogens is 2. The van der Waals surface area contributed by atoms with E-state index < -0.39 is 19.8 Å². The molecule has 0 fully saturated rings. The molecule has 0 bridgehead atoms. The summed E-state index contributed by atoms with van der Waals surface area (Å²) < 4.78 is 31.7. The summed E-state index contributed by atoms with van der Waals surface area (Å²) in [5, 5.41) is 0.959. The lowest BCUT2D eigenvalue weighted by molar-refractivity contribution is 0.0592. The van der Waals surface area contributed by atoms with Crippen molar-refractivity contribution in [1.82, 2.24) is 9.55 Å². The third-order valence-electron chi connectivity index (χ3n) is 10.5. The van der Waals surface area contributed by atoms with Gasteiger partial charge in [0.1, 0.15) is 23.9 Å². The number of hydrogen-bond donors (Lipinski definition) is 1. The molecule has 2 aromatic heterocycles. The normalized spacial score (nSPS) is 14.0. The Morgan fingerprint density at radius 1 is 0.962 bits per heavy atom. The van der Waals surface area contributed by atoms with Crippen molar-refractivity contribution in [3.05, 3.63) is 117 Å². The standard InChI is InChI=1S/C42H48N2O7Si/c1-42(2,3)52(7,8)51-26-31-15-14-29-23-34-30(18-20-43-34)22-33(29)38-36(31)39(50-25-27-12-10-9-11-13-27)37(41(46)49-6)40(45)44(38)21-19-28-16-17-32(47-4)24-35(28)48-5/h9-18,20,22-24,31,43H,19,21,25-26H2,1-8H3. The molecule has 6 rings (SSSR count). The maximum Gasteiger partial charge on any atom is 0.347 e. The first-order valence-corrected chi connectivity index (χ1v) is 20.5. The van der Waals surface area contributed by atoms with Crippen molar-refractivity contribution >= 4 is 31.3 Å². The Morgan fingerprint density at radius 2 is 1.73 bits per heavy atom. The number of hydrogen-bond acceptors (Lipinski definition) is 7. The van der Waals surface area contributed by atoms with Gasteiger partial charge in [-0.3, -0.25) is 4.79 Å². The first kappa shape index (κ1) is 36.7. The highest BCUT2D eigenvalue weighted by Crippen LogP contribution is 2.45. The van der Waals surface area contributed by atoms with Crippen LogP contribution < -0.4 is 19.8 Å². The molecule has 0 aliphatic heterocycles. The second-order valence-electron chi connectivity index (χ2n) is 14.7. The van der Waals surface area contributed by atoms with Gasteiger partial charge in [0.25, 0.3) is 5.56 Å². The van der Waals surface area contributed by atoms with Gasteiger partial charge >= 0.3 is 5.97 Å². The number of rotatable bonds is 12. The van der Waals surface area contributed by atoms with E-state index in [0.717, 1.165) is 33.2 Å². The van der Waals surface area contributed by atoms with Crippen molar-refractivity contribution in [2.75, 3.05) is 27.9 Å². The predicted octanol–water partition coefficient (Wildman–Crippen LogP) is 8.75. The Kier molecular flexibility index (Phi) is 10.5. The Hall–Kier alpha value is -5.06. The number of H-pyrrole nitrogens is 1. The van der Waals surface area contributed by atoms with Crippen LogP contribution in [0, 0.1) is 0 Å². The first-order valence-electron chi connectivity index (χ1n) is 17.6. The van der Waals surface area contributed by atoms with Crippen LogP contribution in [0.3, 0.4) is 0 Å². The van der Waals surface area contributed by atoms with Crippen molar-refractivity contribution in [3.8, 4) is 28.5 Å². The average molecular weight is 721 g/mol. The maximum absolute atomic E-state index is 14.9. The number of pyridine rings is 1. The molecule has 52 heavy (non-hydrogen) atoms. The average Bonchev–Trinajstić information content (AvgIpc) is 3.54. The van der Waals surface area contributed by atoms with Crippen LogP contribution >= 0.6 is 0 Å². The molecule has 0 saturated heterocycles. The number of benzene rings is 3. The molecule has 0 saturated carbocycles. The Balaban J connectivity index is 1.63. The molecule has 2 heterocycles. The van der Waals surface area contributed by atoms with Gasteiger partial charge < -0.3 is 32.9 Å². The SMILES string of the molecule is COC(=O)c1c(OCc2ccccc2)c2c(n(CCc3ccc(OC)cc3OC)c1=O)-c1cc3cc[nH]c3cc1C=CC2CO[Si](C)(C)C(C)(C)C. The summed E-state index contributed by atoms with van der Waals surface area (Å²) in [7, 11) is 2.28. The summed E-state index contributed by atoms with van der Waals surface area (Å²) in [6, 6.07) is 21.6. The molecule has 10 heteroatoms. The van der Waals surface area contributed by atoms with Crippen molar-refractivity contribution in [3.63, 3.8) is 0 Å². The van der Waals surface area contributed by atoms with Crippen LogP contribution in [0.4, 0.5) is 0 Å². The van der Waals surface area contributed by atoms with Crippen LogP contribution in [0.1, 0.15) is 59.3 Å². The van der Waals surface area contributed by atoms with Crippen molar-refractivity contribution in [1.29, 1.82) is 0 Å². The molecule has 3 aromatic carbocycles. The zero-order chi connectivity index (χ0) is 37.2. The van der Waals surface area contributed by atoms with Crippen molar-refractivity contribution in [2.24, 2.45) is 0 Å². The van der Waals surface area contributed by atoms with E-state index >= 15 is 0 Å². The molecule has 1 N–H and O–H groups in total. The van der Waals surface area contributed by atoms with Gasteiger partial charge in [-0.2, -0.15) is 0 Å². The van der Waals surface area contributed by atoms with Crippen LogP contribution in [-0.4, -0.2) is 51.8 Å². The Morgan fingerprint density at radius 3 is 2.42 bits per heavy atom. The number of nitrogens with one attached hydrogen (secondary N) is 1. The zero-order valence-electron chi connectivity index (χ0n) is 31.3. The predicted molar refractivity (Wildman–Crippen MR) is 208 cm³/mol. The Bertz CT molecular complexity index is 2180. The number of nitrogens with zero attached hydrogens (tertiary/aromatic N) is 1. The van der Waals surface area contributed by atoms with Gasteiger partial charge in [-0.25, -0.2) is 4.79 Å².